The van der Waals surface area contributed by atoms with Crippen LogP contribution in [0.2, 0.25) is 0 Å². The monoisotopic (exact) mass is 690 g/mol. The maximum atomic E-state index is 14.4. The Morgan fingerprint density at radius 3 is 2.33 bits per heavy atom. The molecule has 2 aromatic carbocycles. The number of nitrogens with zero attached hydrogens (tertiary/aromatic N) is 2. The van der Waals surface area contributed by atoms with E-state index in [1.807, 2.05) is 47.8 Å². The van der Waals surface area contributed by atoms with E-state index in [4.69, 9.17) is 14.2 Å². The van der Waals surface area contributed by atoms with E-state index < -0.39 is 52.8 Å². The van der Waals surface area contributed by atoms with Crippen molar-refractivity contribution >= 4 is 46.1 Å². The molecule has 5 rings (SSSR count). The molecule has 49 heavy (non-hydrogen) atoms. The van der Waals surface area contributed by atoms with E-state index in [0.717, 1.165) is 21.2 Å². The van der Waals surface area contributed by atoms with E-state index in [0.29, 0.717) is 12.2 Å². The largest absolute Gasteiger partial charge is 0.488 e. The third-order valence-electron chi connectivity index (χ3n) is 8.49. The molecule has 1 aliphatic carbocycles. The molecular formula is C37H46N4O7S. The molecule has 2 heterocycles. The summed E-state index contributed by atoms with van der Waals surface area (Å²) in [6, 6.07) is 14.4. The van der Waals surface area contributed by atoms with Crippen molar-refractivity contribution in [1.29, 1.82) is 0 Å². The SMILES string of the molecule is C=C[C@@H]1C[C@]1(NC(=O)[C@@H]1C[C@@H](Oc2cc3ccccc3cc2-c2cccs2)CN1C(=O)N(NC(=O)OC(C)(C)C)C(C)(C)C)C(=O)OCC. The van der Waals surface area contributed by atoms with Gasteiger partial charge in [-0.15, -0.1) is 17.9 Å². The number of urea groups is 1. The predicted octanol–water partition coefficient (Wildman–Crippen LogP) is 6.67. The van der Waals surface area contributed by atoms with Crippen molar-refractivity contribution in [3.63, 3.8) is 0 Å². The van der Waals surface area contributed by atoms with Crippen LogP contribution in [0.4, 0.5) is 9.59 Å². The van der Waals surface area contributed by atoms with E-state index in [1.165, 1.54) is 9.91 Å². The average molecular weight is 691 g/mol. The number of ether oxygens (including phenoxy) is 3. The van der Waals surface area contributed by atoms with Gasteiger partial charge in [0.2, 0.25) is 5.91 Å². The van der Waals surface area contributed by atoms with Crippen LogP contribution in [0.15, 0.2) is 66.6 Å². The van der Waals surface area contributed by atoms with Crippen LogP contribution in [-0.2, 0) is 19.1 Å². The van der Waals surface area contributed by atoms with E-state index >= 15 is 0 Å². The summed E-state index contributed by atoms with van der Waals surface area (Å²) < 4.78 is 17.4. The fourth-order valence-corrected chi connectivity index (χ4v) is 6.80. The number of thiophene rings is 1. The first-order valence-electron chi connectivity index (χ1n) is 16.5. The Balaban J connectivity index is 1.49. The molecule has 1 saturated heterocycles. The highest BCUT2D eigenvalue weighted by atomic mass is 32.1. The molecule has 1 aliphatic heterocycles. The summed E-state index contributed by atoms with van der Waals surface area (Å²) in [5.74, 6) is -0.758. The lowest BCUT2D eigenvalue weighted by molar-refractivity contribution is -0.149. The van der Waals surface area contributed by atoms with E-state index in [-0.39, 0.29) is 25.5 Å². The topological polar surface area (TPSA) is 127 Å². The maximum Gasteiger partial charge on any atom is 0.426 e. The highest BCUT2D eigenvalue weighted by Gasteiger charge is 2.62. The van der Waals surface area contributed by atoms with Gasteiger partial charge < -0.3 is 24.4 Å². The van der Waals surface area contributed by atoms with Crippen LogP contribution in [0.5, 0.6) is 5.75 Å². The van der Waals surface area contributed by atoms with Crippen molar-refractivity contribution in [2.24, 2.45) is 5.92 Å². The number of hydrogen-bond donors (Lipinski definition) is 2. The number of hydrogen-bond acceptors (Lipinski definition) is 8. The molecule has 11 nitrogen and oxygen atoms in total. The van der Waals surface area contributed by atoms with Gasteiger partial charge in [-0.05, 0) is 89.2 Å². The first-order valence-corrected chi connectivity index (χ1v) is 17.4. The van der Waals surface area contributed by atoms with Gasteiger partial charge in [-0.25, -0.2) is 24.8 Å². The van der Waals surface area contributed by atoms with Gasteiger partial charge in [-0.3, -0.25) is 4.79 Å². The predicted molar refractivity (Wildman–Crippen MR) is 189 cm³/mol. The second-order valence-electron chi connectivity index (χ2n) is 14.4. The highest BCUT2D eigenvalue weighted by molar-refractivity contribution is 7.13. The summed E-state index contributed by atoms with van der Waals surface area (Å²) in [7, 11) is 0. The third-order valence-corrected chi connectivity index (χ3v) is 9.39. The van der Waals surface area contributed by atoms with Gasteiger partial charge in [0, 0.05) is 22.8 Å². The smallest absolute Gasteiger partial charge is 0.426 e. The van der Waals surface area contributed by atoms with Crippen LogP contribution in [0.1, 0.15) is 61.3 Å². The zero-order valence-electron chi connectivity index (χ0n) is 29.2. The van der Waals surface area contributed by atoms with Crippen molar-refractivity contribution in [2.45, 2.75) is 90.1 Å². The maximum absolute atomic E-state index is 14.4. The van der Waals surface area contributed by atoms with Crippen LogP contribution in [0.3, 0.4) is 0 Å². The minimum atomic E-state index is -1.26. The van der Waals surface area contributed by atoms with Crippen molar-refractivity contribution < 1.29 is 33.4 Å². The standard InChI is InChI=1S/C37H46N4O7S/c1-9-25-21-37(25,32(43)46-10-2)38-31(42)28-20-26(22-40(28)34(45)41(35(3,4)5)39-33(44)48-36(6,7)8)47-29-19-24-15-12-11-14-23(24)18-27(29)30-16-13-17-49-30/h9,11-19,25-26,28H,1,10,20-22H2,2-8H3,(H,38,42)(H,39,44)/t25-,26-,28+,37-/m1/s1. The molecule has 4 atom stereocenters. The molecule has 2 N–H and O–H groups in total. The van der Waals surface area contributed by atoms with Gasteiger partial charge in [-0.1, -0.05) is 36.4 Å². The Kier molecular flexibility index (Phi) is 10.0. The van der Waals surface area contributed by atoms with Gasteiger partial charge in [-0.2, -0.15) is 0 Å². The van der Waals surface area contributed by atoms with Gasteiger partial charge in [0.25, 0.3) is 0 Å². The number of hydrazine groups is 1. The summed E-state index contributed by atoms with van der Waals surface area (Å²) >= 11 is 1.59. The Morgan fingerprint density at radius 2 is 1.76 bits per heavy atom. The molecule has 12 heteroatoms. The molecule has 4 amide bonds. The summed E-state index contributed by atoms with van der Waals surface area (Å²) in [6.07, 6.45) is 0.691. The molecule has 1 saturated carbocycles. The number of esters is 1. The number of carbonyl (C=O) groups excluding carboxylic acids is 4. The van der Waals surface area contributed by atoms with E-state index in [2.05, 4.69) is 23.4 Å². The second-order valence-corrected chi connectivity index (χ2v) is 15.4. The van der Waals surface area contributed by atoms with Gasteiger partial charge in [0.05, 0.1) is 18.7 Å². The number of carbonyl (C=O) groups is 4. The number of rotatable bonds is 8. The molecule has 1 aromatic heterocycles. The highest BCUT2D eigenvalue weighted by Crippen LogP contribution is 2.46. The summed E-state index contributed by atoms with van der Waals surface area (Å²) in [6.45, 7) is 16.2. The van der Waals surface area contributed by atoms with Gasteiger partial charge in [0.1, 0.15) is 29.0 Å². The average Bonchev–Trinajstić information content (AvgIpc) is 3.32. The normalized spacial score (nSPS) is 21.9. The molecule has 2 aliphatic rings. The molecule has 0 bridgehead atoms. The minimum Gasteiger partial charge on any atom is -0.488 e. The van der Waals surface area contributed by atoms with Crippen molar-refractivity contribution in [3.8, 4) is 16.2 Å². The number of benzene rings is 2. The molecule has 3 aromatic rings. The van der Waals surface area contributed by atoms with E-state index in [1.54, 1.807) is 65.9 Å². The van der Waals surface area contributed by atoms with Crippen molar-refractivity contribution in [1.82, 2.24) is 20.7 Å². The Morgan fingerprint density at radius 1 is 1.06 bits per heavy atom. The molecule has 0 spiro atoms. The number of amides is 4. The van der Waals surface area contributed by atoms with Crippen LogP contribution in [-0.4, -0.2) is 75.9 Å². The first-order chi connectivity index (χ1) is 23.1. The lowest BCUT2D eigenvalue weighted by Gasteiger charge is -2.39. The molecule has 0 unspecified atom stereocenters. The molecule has 0 radical (unpaired) electrons. The molecular weight excluding hydrogens is 644 g/mol. The first kappa shape index (κ1) is 35.7. The zero-order valence-corrected chi connectivity index (χ0v) is 30.0. The molecule has 262 valence electrons. The van der Waals surface area contributed by atoms with Gasteiger partial charge in [0.15, 0.2) is 0 Å². The van der Waals surface area contributed by atoms with Crippen LogP contribution < -0.4 is 15.5 Å². The fraction of sp³-hybridized carbons (Fsp3) is 0.459. The van der Waals surface area contributed by atoms with Crippen LogP contribution in [0, 0.1) is 5.92 Å². The second kappa shape index (κ2) is 13.7. The van der Waals surface area contributed by atoms with Crippen LogP contribution >= 0.6 is 11.3 Å². The molecule has 2 fully saturated rings. The quantitative estimate of drug-likeness (QED) is 0.154. The number of likely N-dealkylation sites (tertiary alicyclic amines) is 1. The zero-order chi connectivity index (χ0) is 35.7. The fourth-order valence-electron chi connectivity index (χ4n) is 6.05. The lowest BCUT2D eigenvalue weighted by Crippen LogP contribution is -2.62. The number of fused-ring (bicyclic) bond motifs is 1. The Labute approximate surface area is 291 Å². The minimum absolute atomic E-state index is 0.0352. The number of nitrogens with one attached hydrogen (secondary N) is 2. The summed E-state index contributed by atoms with van der Waals surface area (Å²) in [4.78, 5) is 56.9. The van der Waals surface area contributed by atoms with Crippen LogP contribution in [0.25, 0.3) is 21.2 Å². The summed E-state index contributed by atoms with van der Waals surface area (Å²) in [5, 5.41) is 8.11. The van der Waals surface area contributed by atoms with E-state index in [9.17, 15) is 19.2 Å². The Hall–Kier alpha value is -4.58. The van der Waals surface area contributed by atoms with Crippen molar-refractivity contribution in [2.75, 3.05) is 13.2 Å². The Bertz CT molecular complexity index is 1730. The van der Waals surface area contributed by atoms with Gasteiger partial charge >= 0.3 is 18.1 Å². The third kappa shape index (κ3) is 7.85. The van der Waals surface area contributed by atoms with Crippen molar-refractivity contribution in [3.05, 3.63) is 66.6 Å². The summed E-state index contributed by atoms with van der Waals surface area (Å²) in [5.41, 5.74) is 0.523. The lowest BCUT2D eigenvalue weighted by atomic mass is 10.0.